The molecule has 0 radical (unpaired) electrons. The van der Waals surface area contributed by atoms with Crippen LogP contribution in [-0.4, -0.2) is 30.9 Å². The number of nitrogens with one attached hydrogen (secondary N) is 1. The molecular weight excluding hydrogens is 380 g/mol. The van der Waals surface area contributed by atoms with E-state index in [4.69, 9.17) is 9.47 Å². The van der Waals surface area contributed by atoms with Gasteiger partial charge in [0.25, 0.3) is 5.91 Å². The summed E-state index contributed by atoms with van der Waals surface area (Å²) < 4.78 is 10.8. The van der Waals surface area contributed by atoms with Gasteiger partial charge in [0.1, 0.15) is 0 Å². The number of methoxy groups -OCH3 is 1. The monoisotopic (exact) mass is 404 g/mol. The van der Waals surface area contributed by atoms with Crippen LogP contribution in [0.2, 0.25) is 0 Å². The van der Waals surface area contributed by atoms with Crippen molar-refractivity contribution < 1.29 is 19.4 Å². The van der Waals surface area contributed by atoms with E-state index in [0.717, 1.165) is 0 Å². The van der Waals surface area contributed by atoms with Crippen LogP contribution in [0.1, 0.15) is 23.6 Å². The number of carbonyl (C=O) groups is 1. The molecule has 0 heterocycles. The topological polar surface area (TPSA) is 80.2 Å². The molecule has 0 fully saturated rings. The number of nitrogens with zero attached hydrogens (tertiary/aromatic N) is 1. The Kier molecular flexibility index (Phi) is 6.83. The lowest BCUT2D eigenvalue weighted by atomic mass is 9.85. The maximum atomic E-state index is 13.0. The molecule has 30 heavy (non-hydrogen) atoms. The zero-order valence-corrected chi connectivity index (χ0v) is 16.9. The first-order valence-corrected chi connectivity index (χ1v) is 9.57. The van der Waals surface area contributed by atoms with Crippen molar-refractivity contribution in [2.24, 2.45) is 5.10 Å². The van der Waals surface area contributed by atoms with Gasteiger partial charge in [-0.25, -0.2) is 5.43 Å². The van der Waals surface area contributed by atoms with Crippen molar-refractivity contribution >= 4 is 12.1 Å². The second-order valence-electron chi connectivity index (χ2n) is 6.48. The molecule has 154 valence electrons. The first-order valence-electron chi connectivity index (χ1n) is 9.57. The Morgan fingerprint density at radius 2 is 1.60 bits per heavy atom. The Morgan fingerprint density at radius 1 is 1.00 bits per heavy atom. The minimum atomic E-state index is -1.88. The minimum Gasteiger partial charge on any atom is -0.493 e. The van der Waals surface area contributed by atoms with Gasteiger partial charge in [0.05, 0.1) is 19.9 Å². The standard InChI is InChI=1S/C24H24N2O4/c1-3-30-22-16-18(14-15-21(22)29-2)17-25-26-23(27)24(28,19-10-6-4-7-11-19)20-12-8-5-9-13-20/h4-17,28H,3H2,1-2H3,(H,26,27)/b25-17+. The lowest BCUT2D eigenvalue weighted by Gasteiger charge is -2.27. The van der Waals surface area contributed by atoms with Gasteiger partial charge in [-0.15, -0.1) is 0 Å². The van der Waals surface area contributed by atoms with Crippen molar-refractivity contribution in [1.29, 1.82) is 0 Å². The number of hydrogen-bond donors (Lipinski definition) is 2. The van der Waals surface area contributed by atoms with Gasteiger partial charge in [-0.3, -0.25) is 4.79 Å². The third-order valence-corrected chi connectivity index (χ3v) is 4.58. The molecule has 2 N–H and O–H groups in total. The van der Waals surface area contributed by atoms with Crippen LogP contribution < -0.4 is 14.9 Å². The number of hydrazone groups is 1. The van der Waals surface area contributed by atoms with Crippen molar-refractivity contribution in [3.05, 3.63) is 95.6 Å². The summed E-state index contributed by atoms with van der Waals surface area (Å²) in [5.74, 6) is 0.538. The molecule has 0 aliphatic heterocycles. The number of rotatable bonds is 8. The maximum Gasteiger partial charge on any atom is 0.281 e. The van der Waals surface area contributed by atoms with Crippen LogP contribution in [0, 0.1) is 0 Å². The fourth-order valence-corrected chi connectivity index (χ4v) is 3.08. The summed E-state index contributed by atoms with van der Waals surface area (Å²) in [4.78, 5) is 13.0. The van der Waals surface area contributed by atoms with E-state index in [9.17, 15) is 9.90 Å². The molecule has 0 bridgehead atoms. The van der Waals surface area contributed by atoms with E-state index in [1.165, 1.54) is 6.21 Å². The van der Waals surface area contributed by atoms with Crippen LogP contribution >= 0.6 is 0 Å². The molecule has 6 nitrogen and oxygen atoms in total. The molecule has 0 atom stereocenters. The fourth-order valence-electron chi connectivity index (χ4n) is 3.08. The van der Waals surface area contributed by atoms with E-state index in [1.807, 2.05) is 19.1 Å². The predicted molar refractivity (Wildman–Crippen MR) is 116 cm³/mol. The van der Waals surface area contributed by atoms with Crippen LogP contribution in [-0.2, 0) is 10.4 Å². The van der Waals surface area contributed by atoms with Gasteiger partial charge in [0.2, 0.25) is 0 Å². The highest BCUT2D eigenvalue weighted by Gasteiger charge is 2.39. The zero-order chi connectivity index (χ0) is 21.4. The number of carbonyl (C=O) groups excluding carboxylic acids is 1. The molecule has 0 unspecified atom stereocenters. The summed E-state index contributed by atoms with van der Waals surface area (Å²) in [5.41, 5.74) is 2.19. The molecule has 0 saturated carbocycles. The molecule has 1 amide bonds. The zero-order valence-electron chi connectivity index (χ0n) is 16.9. The van der Waals surface area contributed by atoms with E-state index < -0.39 is 11.5 Å². The van der Waals surface area contributed by atoms with Crippen molar-refractivity contribution in [1.82, 2.24) is 5.43 Å². The highest BCUT2D eigenvalue weighted by atomic mass is 16.5. The molecule has 3 rings (SSSR count). The maximum absolute atomic E-state index is 13.0. The lowest BCUT2D eigenvalue weighted by molar-refractivity contribution is -0.136. The summed E-state index contributed by atoms with van der Waals surface area (Å²) in [6.07, 6.45) is 1.48. The highest BCUT2D eigenvalue weighted by molar-refractivity contribution is 5.91. The van der Waals surface area contributed by atoms with Crippen LogP contribution in [0.15, 0.2) is 84.0 Å². The van der Waals surface area contributed by atoms with Crippen molar-refractivity contribution in [2.75, 3.05) is 13.7 Å². The van der Waals surface area contributed by atoms with Gasteiger partial charge in [-0.1, -0.05) is 60.7 Å². The van der Waals surface area contributed by atoms with Gasteiger partial charge >= 0.3 is 0 Å². The molecule has 0 aliphatic rings. The molecule has 3 aromatic rings. The molecule has 6 heteroatoms. The van der Waals surface area contributed by atoms with Gasteiger partial charge < -0.3 is 14.6 Å². The van der Waals surface area contributed by atoms with E-state index in [2.05, 4.69) is 10.5 Å². The van der Waals surface area contributed by atoms with Crippen molar-refractivity contribution in [3.8, 4) is 11.5 Å². The third kappa shape index (κ3) is 4.50. The average Bonchev–Trinajstić information content (AvgIpc) is 2.80. The fraction of sp³-hybridized carbons (Fsp3) is 0.167. The Balaban J connectivity index is 1.85. The Morgan fingerprint density at radius 3 is 2.13 bits per heavy atom. The second kappa shape index (κ2) is 9.71. The summed E-state index contributed by atoms with van der Waals surface area (Å²) in [6, 6.07) is 22.9. The Labute approximate surface area is 175 Å². The summed E-state index contributed by atoms with van der Waals surface area (Å²) in [7, 11) is 1.57. The van der Waals surface area contributed by atoms with Crippen LogP contribution in [0.5, 0.6) is 11.5 Å². The normalized spacial score (nSPS) is 11.3. The number of ether oxygens (including phenoxy) is 2. The quantitative estimate of drug-likeness (QED) is 0.445. The van der Waals surface area contributed by atoms with Crippen LogP contribution in [0.25, 0.3) is 0 Å². The molecular formula is C24H24N2O4. The van der Waals surface area contributed by atoms with Gasteiger partial charge in [0, 0.05) is 0 Å². The SMILES string of the molecule is CCOc1cc(/C=N/NC(=O)C(O)(c2ccccc2)c2ccccc2)ccc1OC. The average molecular weight is 404 g/mol. The molecule has 0 aliphatic carbocycles. The number of aliphatic hydroxyl groups is 1. The predicted octanol–water partition coefficient (Wildman–Crippen LogP) is 3.48. The van der Waals surface area contributed by atoms with Gasteiger partial charge in [-0.05, 0) is 41.8 Å². The van der Waals surface area contributed by atoms with Crippen molar-refractivity contribution in [3.63, 3.8) is 0 Å². The number of hydrogen-bond acceptors (Lipinski definition) is 5. The number of benzene rings is 3. The smallest absolute Gasteiger partial charge is 0.281 e. The van der Waals surface area contributed by atoms with Gasteiger partial charge in [-0.2, -0.15) is 5.10 Å². The van der Waals surface area contributed by atoms with E-state index in [-0.39, 0.29) is 0 Å². The van der Waals surface area contributed by atoms with Crippen molar-refractivity contribution in [2.45, 2.75) is 12.5 Å². The Bertz CT molecular complexity index is 965. The molecule has 3 aromatic carbocycles. The summed E-state index contributed by atoms with van der Waals surface area (Å²) in [6.45, 7) is 2.38. The third-order valence-electron chi connectivity index (χ3n) is 4.58. The first kappa shape index (κ1) is 21.1. The summed E-state index contributed by atoms with van der Waals surface area (Å²) >= 11 is 0. The Hall–Kier alpha value is -3.64. The van der Waals surface area contributed by atoms with Crippen LogP contribution in [0.4, 0.5) is 0 Å². The first-order chi connectivity index (χ1) is 14.6. The van der Waals surface area contributed by atoms with E-state index in [0.29, 0.717) is 34.8 Å². The second-order valence-corrected chi connectivity index (χ2v) is 6.48. The van der Waals surface area contributed by atoms with E-state index in [1.54, 1.807) is 73.8 Å². The highest BCUT2D eigenvalue weighted by Crippen LogP contribution is 2.30. The van der Waals surface area contributed by atoms with E-state index >= 15 is 0 Å². The van der Waals surface area contributed by atoms with Crippen LogP contribution in [0.3, 0.4) is 0 Å². The largest absolute Gasteiger partial charge is 0.493 e. The number of amides is 1. The lowest BCUT2D eigenvalue weighted by Crippen LogP contribution is -2.43. The molecule has 0 spiro atoms. The molecule has 0 saturated heterocycles. The minimum absolute atomic E-state index is 0.451. The summed E-state index contributed by atoms with van der Waals surface area (Å²) in [5, 5.41) is 15.4. The molecule has 0 aromatic heterocycles. The van der Waals surface area contributed by atoms with Gasteiger partial charge in [0.15, 0.2) is 17.1 Å².